The Hall–Kier alpha value is -2.82. The Kier molecular flexibility index (Phi) is 5.74. The number of carbonyl (C=O) groups is 1. The zero-order valence-corrected chi connectivity index (χ0v) is 13.5. The van der Waals surface area contributed by atoms with Crippen LogP contribution in [0.1, 0.15) is 28.4 Å². The summed E-state index contributed by atoms with van der Waals surface area (Å²) in [6.45, 7) is 2.57. The molecule has 0 aliphatic carbocycles. The minimum Gasteiger partial charge on any atom is -0.370 e. The lowest BCUT2D eigenvalue weighted by Crippen LogP contribution is -2.22. The molecule has 0 aliphatic heterocycles. The molecule has 0 spiro atoms. The minimum atomic E-state index is -0.1000. The molecule has 0 saturated heterocycles. The number of benzene rings is 2. The van der Waals surface area contributed by atoms with Gasteiger partial charge in [-0.15, -0.1) is 0 Å². The average Bonchev–Trinajstić information content (AvgIpc) is 2.60. The highest BCUT2D eigenvalue weighted by atomic mass is 16.1. The molecule has 0 heterocycles. The second-order valence-electron chi connectivity index (χ2n) is 5.16. The van der Waals surface area contributed by atoms with Gasteiger partial charge in [0.25, 0.3) is 5.91 Å². The van der Waals surface area contributed by atoms with E-state index in [1.54, 1.807) is 19.2 Å². The van der Waals surface area contributed by atoms with Gasteiger partial charge in [-0.1, -0.05) is 31.2 Å². The van der Waals surface area contributed by atoms with Crippen molar-refractivity contribution in [3.63, 3.8) is 0 Å². The van der Waals surface area contributed by atoms with Crippen molar-refractivity contribution in [2.45, 2.75) is 19.9 Å². The lowest BCUT2D eigenvalue weighted by Gasteiger charge is -2.07. The smallest absolute Gasteiger partial charge is 0.251 e. The number of hydrogen-bond donors (Lipinski definition) is 3. The van der Waals surface area contributed by atoms with Gasteiger partial charge in [-0.3, -0.25) is 4.79 Å². The molecular formula is C18H22N4O. The summed E-state index contributed by atoms with van der Waals surface area (Å²) in [5, 5.41) is 5.68. The maximum absolute atomic E-state index is 11.5. The lowest BCUT2D eigenvalue weighted by molar-refractivity contribution is 0.0963. The molecule has 5 heteroatoms. The fraction of sp³-hybridized carbons (Fsp3) is 0.222. The zero-order chi connectivity index (χ0) is 16.7. The van der Waals surface area contributed by atoms with E-state index in [-0.39, 0.29) is 5.91 Å². The van der Waals surface area contributed by atoms with Crippen LogP contribution in [0, 0.1) is 0 Å². The third kappa shape index (κ3) is 4.85. The largest absolute Gasteiger partial charge is 0.370 e. The van der Waals surface area contributed by atoms with Crippen molar-refractivity contribution in [1.29, 1.82) is 0 Å². The number of nitrogens with zero attached hydrogens (tertiary/aromatic N) is 1. The predicted octanol–water partition coefficient (Wildman–Crippen LogP) is 2.54. The third-order valence-electron chi connectivity index (χ3n) is 3.48. The van der Waals surface area contributed by atoms with Crippen LogP contribution in [0.25, 0.3) is 0 Å². The van der Waals surface area contributed by atoms with Gasteiger partial charge < -0.3 is 16.4 Å². The topological polar surface area (TPSA) is 79.5 Å². The molecule has 0 bridgehead atoms. The molecule has 0 fully saturated rings. The number of nitrogens with one attached hydrogen (secondary N) is 2. The molecule has 2 aromatic rings. The van der Waals surface area contributed by atoms with E-state index in [1.165, 1.54) is 5.56 Å². The van der Waals surface area contributed by atoms with E-state index in [0.29, 0.717) is 18.1 Å². The third-order valence-corrected chi connectivity index (χ3v) is 3.48. The standard InChI is InChI=1S/C18H22N4O/c1-3-13-5-4-6-16(11-13)22-18(19)21-12-14-7-9-15(10-8-14)17(23)20-2/h4-11H,3,12H2,1-2H3,(H,20,23)(H3,19,21,22). The van der Waals surface area contributed by atoms with Gasteiger partial charge in [0.1, 0.15) is 0 Å². The summed E-state index contributed by atoms with van der Waals surface area (Å²) >= 11 is 0. The molecule has 1 amide bonds. The monoisotopic (exact) mass is 310 g/mol. The van der Waals surface area contributed by atoms with Gasteiger partial charge in [0.15, 0.2) is 5.96 Å². The highest BCUT2D eigenvalue weighted by Gasteiger charge is 2.02. The van der Waals surface area contributed by atoms with Crippen LogP contribution in [0.5, 0.6) is 0 Å². The lowest BCUT2D eigenvalue weighted by atomic mass is 10.1. The Bertz CT molecular complexity index is 692. The van der Waals surface area contributed by atoms with Gasteiger partial charge in [0.2, 0.25) is 0 Å². The van der Waals surface area contributed by atoms with E-state index in [4.69, 9.17) is 5.73 Å². The molecule has 2 aromatic carbocycles. The van der Waals surface area contributed by atoms with Crippen LogP contribution in [0.15, 0.2) is 53.5 Å². The highest BCUT2D eigenvalue weighted by Crippen LogP contribution is 2.11. The number of carbonyl (C=O) groups excluding carboxylic acids is 1. The van der Waals surface area contributed by atoms with E-state index < -0.39 is 0 Å². The molecule has 0 radical (unpaired) electrons. The maximum Gasteiger partial charge on any atom is 0.251 e. The summed E-state index contributed by atoms with van der Waals surface area (Å²) < 4.78 is 0. The van der Waals surface area contributed by atoms with Crippen molar-refractivity contribution in [3.05, 3.63) is 65.2 Å². The summed E-state index contributed by atoms with van der Waals surface area (Å²) in [6.07, 6.45) is 0.976. The van der Waals surface area contributed by atoms with Crippen molar-refractivity contribution in [3.8, 4) is 0 Å². The number of aliphatic imine (C=N–C) groups is 1. The molecule has 0 saturated carbocycles. The van der Waals surface area contributed by atoms with Crippen LogP contribution < -0.4 is 16.4 Å². The van der Waals surface area contributed by atoms with Crippen molar-refractivity contribution < 1.29 is 4.79 Å². The molecule has 5 nitrogen and oxygen atoms in total. The average molecular weight is 310 g/mol. The minimum absolute atomic E-state index is 0.1000. The van der Waals surface area contributed by atoms with E-state index >= 15 is 0 Å². The summed E-state index contributed by atoms with van der Waals surface area (Å²) in [5.41, 5.74) is 9.71. The number of nitrogens with two attached hydrogens (primary N) is 1. The van der Waals surface area contributed by atoms with Gasteiger partial charge in [-0.2, -0.15) is 0 Å². The first kappa shape index (κ1) is 16.5. The summed E-state index contributed by atoms with van der Waals surface area (Å²) in [5.74, 6) is 0.269. The van der Waals surface area contributed by atoms with Crippen molar-refractivity contribution in [1.82, 2.24) is 5.32 Å². The quantitative estimate of drug-likeness (QED) is 0.586. The number of anilines is 1. The van der Waals surface area contributed by atoms with Crippen LogP contribution in [0.4, 0.5) is 5.69 Å². The van der Waals surface area contributed by atoms with Gasteiger partial charge in [0.05, 0.1) is 6.54 Å². The molecule has 0 aliphatic rings. The molecule has 0 aromatic heterocycles. The summed E-state index contributed by atoms with van der Waals surface area (Å²) in [6, 6.07) is 15.4. The van der Waals surface area contributed by atoms with Crippen LogP contribution in [0.2, 0.25) is 0 Å². The second kappa shape index (κ2) is 7.98. The Morgan fingerprint density at radius 2 is 1.87 bits per heavy atom. The van der Waals surface area contributed by atoms with Crippen LogP contribution in [-0.4, -0.2) is 18.9 Å². The Morgan fingerprint density at radius 3 is 2.52 bits per heavy atom. The fourth-order valence-corrected chi connectivity index (χ4v) is 2.14. The summed E-state index contributed by atoms with van der Waals surface area (Å²) in [4.78, 5) is 15.8. The Labute approximate surface area is 136 Å². The van der Waals surface area contributed by atoms with E-state index in [9.17, 15) is 4.79 Å². The number of aryl methyl sites for hydroxylation is 1. The highest BCUT2D eigenvalue weighted by molar-refractivity contribution is 5.94. The van der Waals surface area contributed by atoms with Crippen LogP contribution in [-0.2, 0) is 13.0 Å². The van der Waals surface area contributed by atoms with Gasteiger partial charge in [0, 0.05) is 18.3 Å². The molecule has 4 N–H and O–H groups in total. The zero-order valence-electron chi connectivity index (χ0n) is 13.5. The molecule has 120 valence electrons. The summed E-state index contributed by atoms with van der Waals surface area (Å²) in [7, 11) is 1.61. The molecule has 2 rings (SSSR count). The maximum atomic E-state index is 11.5. The first-order chi connectivity index (χ1) is 11.1. The SMILES string of the molecule is CCc1cccc(NC(N)=NCc2ccc(C(=O)NC)cc2)c1. The normalized spacial score (nSPS) is 11.1. The van der Waals surface area contributed by atoms with Crippen molar-refractivity contribution in [2.24, 2.45) is 10.7 Å². The molecule has 0 atom stereocenters. The Balaban J connectivity index is 1.97. The Morgan fingerprint density at radius 1 is 1.13 bits per heavy atom. The molecule has 23 heavy (non-hydrogen) atoms. The van der Waals surface area contributed by atoms with Crippen molar-refractivity contribution in [2.75, 3.05) is 12.4 Å². The second-order valence-corrected chi connectivity index (χ2v) is 5.16. The van der Waals surface area contributed by atoms with E-state index in [0.717, 1.165) is 17.7 Å². The number of guanidine groups is 1. The van der Waals surface area contributed by atoms with Crippen LogP contribution in [0.3, 0.4) is 0 Å². The molecular weight excluding hydrogens is 288 g/mol. The number of amides is 1. The van der Waals surface area contributed by atoms with Gasteiger partial charge in [-0.25, -0.2) is 4.99 Å². The van der Waals surface area contributed by atoms with E-state index in [2.05, 4.69) is 34.7 Å². The van der Waals surface area contributed by atoms with Crippen molar-refractivity contribution >= 4 is 17.6 Å². The van der Waals surface area contributed by atoms with Gasteiger partial charge in [-0.05, 0) is 41.8 Å². The van der Waals surface area contributed by atoms with Crippen LogP contribution >= 0.6 is 0 Å². The first-order valence-corrected chi connectivity index (χ1v) is 7.59. The fourth-order valence-electron chi connectivity index (χ4n) is 2.14. The first-order valence-electron chi connectivity index (χ1n) is 7.59. The number of hydrogen-bond acceptors (Lipinski definition) is 2. The molecule has 0 unspecified atom stereocenters. The predicted molar refractivity (Wildman–Crippen MR) is 94.6 cm³/mol. The van der Waals surface area contributed by atoms with Gasteiger partial charge >= 0.3 is 0 Å². The van der Waals surface area contributed by atoms with E-state index in [1.807, 2.05) is 24.3 Å². The number of rotatable bonds is 5.